The molecule has 160 valence electrons. The van der Waals surface area contributed by atoms with Crippen LogP contribution in [0.3, 0.4) is 0 Å². The number of sulfonamides is 1. The minimum atomic E-state index is -3.55. The number of methoxy groups -OCH3 is 2. The topological polar surface area (TPSA) is 120 Å². The molecule has 0 atom stereocenters. The summed E-state index contributed by atoms with van der Waals surface area (Å²) < 4.78 is 36.7. The fourth-order valence-corrected chi connectivity index (χ4v) is 4.81. The summed E-state index contributed by atoms with van der Waals surface area (Å²) >= 11 is 1.24. The van der Waals surface area contributed by atoms with Crippen molar-refractivity contribution in [3.63, 3.8) is 0 Å². The highest BCUT2D eigenvalue weighted by molar-refractivity contribution is 7.89. The predicted octanol–water partition coefficient (Wildman–Crippen LogP) is 1.99. The summed E-state index contributed by atoms with van der Waals surface area (Å²) in [6.07, 6.45) is 0. The van der Waals surface area contributed by atoms with E-state index in [2.05, 4.69) is 20.0 Å². The van der Waals surface area contributed by atoms with Gasteiger partial charge in [0.1, 0.15) is 11.4 Å². The molecule has 9 nitrogen and oxygen atoms in total. The van der Waals surface area contributed by atoms with Gasteiger partial charge in [-0.1, -0.05) is 12.1 Å². The number of ether oxygens (including phenoxy) is 2. The van der Waals surface area contributed by atoms with Crippen molar-refractivity contribution in [3.05, 3.63) is 46.1 Å². The van der Waals surface area contributed by atoms with Crippen LogP contribution in [0.25, 0.3) is 10.2 Å². The maximum atomic E-state index is 12.8. The lowest BCUT2D eigenvalue weighted by atomic mass is 10.2. The minimum absolute atomic E-state index is 0.139. The van der Waals surface area contributed by atoms with Crippen molar-refractivity contribution in [2.45, 2.75) is 25.0 Å². The third kappa shape index (κ3) is 4.43. The second-order valence-corrected chi connectivity index (χ2v) is 9.24. The van der Waals surface area contributed by atoms with Crippen LogP contribution in [0.5, 0.6) is 5.88 Å². The van der Waals surface area contributed by atoms with Crippen LogP contribution in [0.2, 0.25) is 0 Å². The maximum absolute atomic E-state index is 12.8. The molecular weight excluding hydrogens is 428 g/mol. The van der Waals surface area contributed by atoms with Gasteiger partial charge in [0.2, 0.25) is 15.9 Å². The highest BCUT2D eigenvalue weighted by Gasteiger charge is 2.21. The molecule has 0 bridgehead atoms. The Morgan fingerprint density at radius 2 is 2.00 bits per heavy atom. The lowest BCUT2D eigenvalue weighted by molar-refractivity contribution is 0.0954. The Labute approximate surface area is 178 Å². The number of aryl methyl sites for hydroxylation is 1. The Balaban J connectivity index is 1.86. The van der Waals surface area contributed by atoms with Crippen molar-refractivity contribution >= 4 is 37.5 Å². The van der Waals surface area contributed by atoms with Crippen LogP contribution < -0.4 is 14.8 Å². The Morgan fingerprint density at radius 1 is 1.23 bits per heavy atom. The standard InChI is InChI=1S/C19H22N4O5S2/c1-11-15-18(28-4)22-14(10-27-3)23-19(15)29-16(11)17(24)21-9-12-6-5-7-13(8-12)30(25,26)20-2/h5-8,20H,9-10H2,1-4H3,(H,21,24). The van der Waals surface area contributed by atoms with Gasteiger partial charge in [-0.05, 0) is 37.2 Å². The van der Waals surface area contributed by atoms with E-state index >= 15 is 0 Å². The molecule has 0 aliphatic carbocycles. The van der Waals surface area contributed by atoms with Gasteiger partial charge in [0.25, 0.3) is 5.91 Å². The molecule has 11 heteroatoms. The quantitative estimate of drug-likeness (QED) is 0.539. The van der Waals surface area contributed by atoms with Crippen molar-refractivity contribution in [1.82, 2.24) is 20.0 Å². The van der Waals surface area contributed by atoms with E-state index in [-0.39, 0.29) is 24.0 Å². The van der Waals surface area contributed by atoms with Gasteiger partial charge in [0.05, 0.1) is 22.3 Å². The molecule has 0 aliphatic rings. The number of carbonyl (C=O) groups excluding carboxylic acids is 1. The van der Waals surface area contributed by atoms with E-state index < -0.39 is 10.0 Å². The first-order valence-electron chi connectivity index (χ1n) is 8.94. The highest BCUT2D eigenvalue weighted by Crippen LogP contribution is 2.35. The molecule has 0 aliphatic heterocycles. The number of rotatable bonds is 8. The van der Waals surface area contributed by atoms with Crippen LogP contribution in [0.1, 0.15) is 26.6 Å². The Kier molecular flexibility index (Phi) is 6.66. The van der Waals surface area contributed by atoms with Crippen LogP contribution in [0.15, 0.2) is 29.2 Å². The van der Waals surface area contributed by atoms with E-state index in [0.29, 0.717) is 32.4 Å². The second kappa shape index (κ2) is 9.04. The Bertz CT molecular complexity index is 1190. The van der Waals surface area contributed by atoms with Crippen LogP contribution in [0.4, 0.5) is 0 Å². The van der Waals surface area contributed by atoms with Gasteiger partial charge in [0, 0.05) is 13.7 Å². The molecule has 0 unspecified atom stereocenters. The van der Waals surface area contributed by atoms with E-state index in [1.807, 2.05) is 6.92 Å². The van der Waals surface area contributed by atoms with E-state index in [1.54, 1.807) is 19.2 Å². The van der Waals surface area contributed by atoms with Gasteiger partial charge in [-0.2, -0.15) is 4.98 Å². The maximum Gasteiger partial charge on any atom is 0.261 e. The molecule has 0 radical (unpaired) electrons. The largest absolute Gasteiger partial charge is 0.480 e. The summed E-state index contributed by atoms with van der Waals surface area (Å²) in [5.74, 6) is 0.579. The fraction of sp³-hybridized carbons (Fsp3) is 0.316. The molecule has 0 saturated carbocycles. The van der Waals surface area contributed by atoms with Crippen LogP contribution in [-0.4, -0.2) is 45.6 Å². The normalized spacial score (nSPS) is 11.6. The van der Waals surface area contributed by atoms with Crippen molar-refractivity contribution < 1.29 is 22.7 Å². The first-order chi connectivity index (χ1) is 14.3. The molecule has 2 heterocycles. The monoisotopic (exact) mass is 450 g/mol. The number of aromatic nitrogens is 2. The molecule has 1 amide bonds. The molecule has 0 fully saturated rings. The van der Waals surface area contributed by atoms with Gasteiger partial charge in [0.15, 0.2) is 5.82 Å². The van der Waals surface area contributed by atoms with E-state index in [1.165, 1.54) is 37.6 Å². The number of hydrogen-bond donors (Lipinski definition) is 2. The van der Waals surface area contributed by atoms with Crippen molar-refractivity contribution in [2.24, 2.45) is 0 Å². The van der Waals surface area contributed by atoms with Gasteiger partial charge >= 0.3 is 0 Å². The lowest BCUT2D eigenvalue weighted by Crippen LogP contribution is -2.23. The van der Waals surface area contributed by atoms with E-state index in [0.717, 1.165) is 5.56 Å². The van der Waals surface area contributed by atoms with Crippen LogP contribution in [0, 0.1) is 6.92 Å². The Hall–Kier alpha value is -2.60. The average molecular weight is 451 g/mol. The van der Waals surface area contributed by atoms with Crippen molar-refractivity contribution in [3.8, 4) is 5.88 Å². The highest BCUT2D eigenvalue weighted by atomic mass is 32.2. The second-order valence-electron chi connectivity index (χ2n) is 6.36. The number of thiophene rings is 1. The molecule has 2 aromatic heterocycles. The van der Waals surface area contributed by atoms with E-state index in [4.69, 9.17) is 9.47 Å². The lowest BCUT2D eigenvalue weighted by Gasteiger charge is -2.07. The summed E-state index contributed by atoms with van der Waals surface area (Å²) in [4.78, 5) is 22.9. The molecule has 2 N–H and O–H groups in total. The average Bonchev–Trinajstić information content (AvgIpc) is 3.08. The number of hydrogen-bond acceptors (Lipinski definition) is 8. The first-order valence-corrected chi connectivity index (χ1v) is 11.2. The molecule has 30 heavy (non-hydrogen) atoms. The summed E-state index contributed by atoms with van der Waals surface area (Å²) in [7, 11) is 0.865. The molecule has 1 aromatic carbocycles. The molecular formula is C19H22N4O5S2. The third-order valence-electron chi connectivity index (χ3n) is 4.41. The number of amides is 1. The summed E-state index contributed by atoms with van der Waals surface area (Å²) in [5.41, 5.74) is 1.39. The number of nitrogens with zero attached hydrogens (tertiary/aromatic N) is 2. The summed E-state index contributed by atoms with van der Waals surface area (Å²) in [5, 5.41) is 3.52. The zero-order chi connectivity index (χ0) is 21.9. The van der Waals surface area contributed by atoms with Crippen molar-refractivity contribution in [1.29, 1.82) is 0 Å². The van der Waals surface area contributed by atoms with E-state index in [9.17, 15) is 13.2 Å². The van der Waals surface area contributed by atoms with Gasteiger partial charge in [-0.15, -0.1) is 11.3 Å². The SMILES string of the molecule is CNS(=O)(=O)c1cccc(CNC(=O)c2sc3nc(COC)nc(OC)c3c2C)c1. The molecule has 0 saturated heterocycles. The molecule has 0 spiro atoms. The van der Waals surface area contributed by atoms with Gasteiger partial charge in [-0.25, -0.2) is 18.1 Å². The van der Waals surface area contributed by atoms with Crippen LogP contribution >= 0.6 is 11.3 Å². The Morgan fingerprint density at radius 3 is 2.67 bits per heavy atom. The van der Waals surface area contributed by atoms with Crippen LogP contribution in [-0.2, 0) is 27.9 Å². The van der Waals surface area contributed by atoms with Gasteiger partial charge < -0.3 is 14.8 Å². The molecule has 3 aromatic rings. The van der Waals surface area contributed by atoms with Crippen molar-refractivity contribution in [2.75, 3.05) is 21.3 Å². The summed E-state index contributed by atoms with van der Waals surface area (Å²) in [6, 6.07) is 6.40. The summed E-state index contributed by atoms with van der Waals surface area (Å²) in [6.45, 7) is 2.23. The third-order valence-corrected chi connectivity index (χ3v) is 7.00. The predicted molar refractivity (Wildman–Crippen MR) is 113 cm³/mol. The zero-order valence-corrected chi connectivity index (χ0v) is 18.6. The number of fused-ring (bicyclic) bond motifs is 1. The minimum Gasteiger partial charge on any atom is -0.480 e. The number of benzene rings is 1. The molecule has 3 rings (SSSR count). The first kappa shape index (κ1) is 22.1. The smallest absolute Gasteiger partial charge is 0.261 e. The number of carbonyl (C=O) groups is 1. The fourth-order valence-electron chi connectivity index (χ4n) is 2.91. The van der Waals surface area contributed by atoms with Gasteiger partial charge in [-0.3, -0.25) is 4.79 Å². The number of nitrogens with one attached hydrogen (secondary N) is 2. The zero-order valence-electron chi connectivity index (χ0n) is 17.0.